The fourth-order valence-corrected chi connectivity index (χ4v) is 3.23. The minimum atomic E-state index is 0.110. The second-order valence-corrected chi connectivity index (χ2v) is 6.02. The summed E-state index contributed by atoms with van der Waals surface area (Å²) in [5.41, 5.74) is 6.02. The van der Waals surface area contributed by atoms with Crippen molar-refractivity contribution in [2.45, 2.75) is 64.3 Å². The molecule has 2 atom stereocenters. The van der Waals surface area contributed by atoms with E-state index in [1.807, 2.05) is 0 Å². The molecule has 98 valence electrons. The molecular formula is C14H26N2O. The normalized spacial score (nSPS) is 30.9. The Kier molecular flexibility index (Phi) is 4.08. The quantitative estimate of drug-likeness (QED) is 0.771. The highest BCUT2D eigenvalue weighted by molar-refractivity contribution is 5.77. The van der Waals surface area contributed by atoms with E-state index in [2.05, 4.69) is 12.2 Å². The predicted octanol–water partition coefficient (Wildman–Crippen LogP) is 2.20. The second kappa shape index (κ2) is 5.38. The Bertz CT molecular complexity index is 271. The standard InChI is InChI=1S/C14H26N2O/c1-2-11-8-12(11)16-13(17)9-14(10-15)6-4-3-5-7-14/h11-12H,2-10,15H2,1H3,(H,16,17). The highest BCUT2D eigenvalue weighted by atomic mass is 16.1. The van der Waals surface area contributed by atoms with Crippen molar-refractivity contribution in [1.82, 2.24) is 5.32 Å². The molecule has 0 heterocycles. The Morgan fingerprint density at radius 3 is 2.59 bits per heavy atom. The van der Waals surface area contributed by atoms with Crippen molar-refractivity contribution in [1.29, 1.82) is 0 Å². The van der Waals surface area contributed by atoms with E-state index < -0.39 is 0 Å². The maximum atomic E-state index is 12.0. The molecule has 0 aromatic heterocycles. The lowest BCUT2D eigenvalue weighted by Gasteiger charge is -2.35. The number of nitrogens with two attached hydrogens (primary N) is 1. The molecule has 0 aromatic rings. The van der Waals surface area contributed by atoms with Crippen molar-refractivity contribution in [2.24, 2.45) is 17.1 Å². The lowest BCUT2D eigenvalue weighted by Crippen LogP contribution is -2.39. The molecule has 0 radical (unpaired) electrons. The summed E-state index contributed by atoms with van der Waals surface area (Å²) in [6.45, 7) is 2.86. The Morgan fingerprint density at radius 2 is 2.06 bits per heavy atom. The van der Waals surface area contributed by atoms with Crippen molar-refractivity contribution in [2.75, 3.05) is 6.54 Å². The predicted molar refractivity (Wildman–Crippen MR) is 69.5 cm³/mol. The molecule has 2 fully saturated rings. The van der Waals surface area contributed by atoms with Gasteiger partial charge in [0.15, 0.2) is 0 Å². The smallest absolute Gasteiger partial charge is 0.220 e. The summed E-state index contributed by atoms with van der Waals surface area (Å²) in [7, 11) is 0. The first-order valence-electron chi connectivity index (χ1n) is 7.18. The third-order valence-electron chi connectivity index (χ3n) is 4.68. The second-order valence-electron chi connectivity index (χ2n) is 6.02. The Balaban J connectivity index is 1.79. The molecule has 2 rings (SSSR count). The van der Waals surface area contributed by atoms with Gasteiger partial charge in [-0.2, -0.15) is 0 Å². The zero-order valence-corrected chi connectivity index (χ0v) is 11.0. The zero-order valence-electron chi connectivity index (χ0n) is 11.0. The monoisotopic (exact) mass is 238 g/mol. The number of carbonyl (C=O) groups excluding carboxylic acids is 1. The maximum absolute atomic E-state index is 12.0. The van der Waals surface area contributed by atoms with Gasteiger partial charge in [-0.3, -0.25) is 4.79 Å². The molecule has 0 saturated heterocycles. The molecule has 0 aromatic carbocycles. The van der Waals surface area contributed by atoms with Crippen LogP contribution < -0.4 is 11.1 Å². The highest BCUT2D eigenvalue weighted by Gasteiger charge is 2.38. The SMILES string of the molecule is CCC1CC1NC(=O)CC1(CN)CCCCC1. The summed E-state index contributed by atoms with van der Waals surface area (Å²) >= 11 is 0. The molecule has 2 unspecified atom stereocenters. The van der Waals surface area contributed by atoms with Gasteiger partial charge in [0, 0.05) is 12.5 Å². The van der Waals surface area contributed by atoms with Crippen molar-refractivity contribution in [3.05, 3.63) is 0 Å². The summed E-state index contributed by atoms with van der Waals surface area (Å²) in [5.74, 6) is 0.970. The summed E-state index contributed by atoms with van der Waals surface area (Å²) in [5, 5.41) is 3.17. The van der Waals surface area contributed by atoms with E-state index in [4.69, 9.17) is 5.73 Å². The number of nitrogens with one attached hydrogen (secondary N) is 1. The number of carbonyl (C=O) groups is 1. The summed E-state index contributed by atoms with van der Waals surface area (Å²) in [6, 6.07) is 0.464. The van der Waals surface area contributed by atoms with Gasteiger partial charge in [-0.25, -0.2) is 0 Å². The molecule has 3 heteroatoms. The molecule has 0 bridgehead atoms. The van der Waals surface area contributed by atoms with Crippen LogP contribution in [0.4, 0.5) is 0 Å². The van der Waals surface area contributed by atoms with Gasteiger partial charge in [0.1, 0.15) is 0 Å². The van der Waals surface area contributed by atoms with E-state index in [1.54, 1.807) is 0 Å². The van der Waals surface area contributed by atoms with Gasteiger partial charge >= 0.3 is 0 Å². The first-order valence-corrected chi connectivity index (χ1v) is 7.18. The Morgan fingerprint density at radius 1 is 1.35 bits per heavy atom. The van der Waals surface area contributed by atoms with Crippen LogP contribution in [0.2, 0.25) is 0 Å². The van der Waals surface area contributed by atoms with Crippen molar-refractivity contribution < 1.29 is 4.79 Å². The van der Waals surface area contributed by atoms with Gasteiger partial charge in [0.25, 0.3) is 0 Å². The number of hydrogen-bond donors (Lipinski definition) is 2. The number of amides is 1. The molecule has 0 spiro atoms. The Labute approximate surface area is 105 Å². The first kappa shape index (κ1) is 12.9. The van der Waals surface area contributed by atoms with E-state index >= 15 is 0 Å². The summed E-state index contributed by atoms with van der Waals surface area (Å²) in [4.78, 5) is 12.0. The van der Waals surface area contributed by atoms with Crippen LogP contribution in [0.15, 0.2) is 0 Å². The fourth-order valence-electron chi connectivity index (χ4n) is 3.23. The van der Waals surface area contributed by atoms with Crippen LogP contribution >= 0.6 is 0 Å². The van der Waals surface area contributed by atoms with Gasteiger partial charge in [0.2, 0.25) is 5.91 Å². The third kappa shape index (κ3) is 3.21. The molecule has 3 N–H and O–H groups in total. The maximum Gasteiger partial charge on any atom is 0.220 e. The van der Waals surface area contributed by atoms with E-state index in [1.165, 1.54) is 32.1 Å². The van der Waals surface area contributed by atoms with Crippen molar-refractivity contribution >= 4 is 5.91 Å². The Hall–Kier alpha value is -0.570. The average molecular weight is 238 g/mol. The van der Waals surface area contributed by atoms with E-state index in [0.717, 1.165) is 18.8 Å². The molecule has 1 amide bonds. The molecule has 2 aliphatic carbocycles. The molecule has 3 nitrogen and oxygen atoms in total. The van der Waals surface area contributed by atoms with E-state index in [9.17, 15) is 4.79 Å². The third-order valence-corrected chi connectivity index (χ3v) is 4.68. The molecular weight excluding hydrogens is 212 g/mol. The average Bonchev–Trinajstić information content (AvgIpc) is 3.08. The van der Waals surface area contributed by atoms with Crippen LogP contribution in [0.1, 0.15) is 58.3 Å². The van der Waals surface area contributed by atoms with Gasteiger partial charge < -0.3 is 11.1 Å². The van der Waals surface area contributed by atoms with Crippen LogP contribution in [-0.2, 0) is 4.79 Å². The first-order chi connectivity index (χ1) is 8.19. The van der Waals surface area contributed by atoms with Gasteiger partial charge in [-0.05, 0) is 37.1 Å². The van der Waals surface area contributed by atoms with Gasteiger partial charge in [-0.15, -0.1) is 0 Å². The largest absolute Gasteiger partial charge is 0.353 e. The number of rotatable bonds is 5. The molecule has 2 saturated carbocycles. The zero-order chi connectivity index (χ0) is 12.3. The van der Waals surface area contributed by atoms with Crippen LogP contribution in [-0.4, -0.2) is 18.5 Å². The number of hydrogen-bond acceptors (Lipinski definition) is 2. The van der Waals surface area contributed by atoms with Crippen LogP contribution in [0.5, 0.6) is 0 Å². The summed E-state index contributed by atoms with van der Waals surface area (Å²) < 4.78 is 0. The summed E-state index contributed by atoms with van der Waals surface area (Å²) in [6.07, 6.45) is 9.08. The molecule has 17 heavy (non-hydrogen) atoms. The minimum absolute atomic E-state index is 0.110. The van der Waals surface area contributed by atoms with Crippen molar-refractivity contribution in [3.63, 3.8) is 0 Å². The van der Waals surface area contributed by atoms with Gasteiger partial charge in [0.05, 0.1) is 0 Å². The minimum Gasteiger partial charge on any atom is -0.353 e. The molecule has 0 aliphatic heterocycles. The molecule has 2 aliphatic rings. The topological polar surface area (TPSA) is 55.1 Å². The van der Waals surface area contributed by atoms with Crippen LogP contribution in [0.25, 0.3) is 0 Å². The van der Waals surface area contributed by atoms with Gasteiger partial charge in [-0.1, -0.05) is 32.6 Å². The van der Waals surface area contributed by atoms with Crippen molar-refractivity contribution in [3.8, 4) is 0 Å². The lowest BCUT2D eigenvalue weighted by molar-refractivity contribution is -0.124. The van der Waals surface area contributed by atoms with E-state index in [0.29, 0.717) is 19.0 Å². The lowest BCUT2D eigenvalue weighted by atomic mass is 9.71. The van der Waals surface area contributed by atoms with Crippen LogP contribution in [0.3, 0.4) is 0 Å². The van der Waals surface area contributed by atoms with E-state index in [-0.39, 0.29) is 11.3 Å². The highest BCUT2D eigenvalue weighted by Crippen LogP contribution is 2.39. The van der Waals surface area contributed by atoms with Crippen LogP contribution in [0, 0.1) is 11.3 Å². The fraction of sp³-hybridized carbons (Fsp3) is 0.929.